The van der Waals surface area contributed by atoms with E-state index in [0.29, 0.717) is 23.3 Å². The molecule has 0 aliphatic heterocycles. The van der Waals surface area contributed by atoms with Crippen LogP contribution in [0.1, 0.15) is 13.8 Å². The molecule has 0 N–H and O–H groups in total. The molecule has 4 nitrogen and oxygen atoms in total. The highest BCUT2D eigenvalue weighted by atomic mass is 79.9. The summed E-state index contributed by atoms with van der Waals surface area (Å²) >= 11 is 3.30. The molecule has 19 heavy (non-hydrogen) atoms. The maximum Gasteiger partial charge on any atom is 0.243 e. The molecule has 0 fully saturated rings. The molecule has 0 heterocycles. The van der Waals surface area contributed by atoms with Crippen LogP contribution >= 0.6 is 15.9 Å². The van der Waals surface area contributed by atoms with E-state index in [0.717, 1.165) is 5.57 Å². The minimum Gasteiger partial charge on any atom is -0.496 e. The molecule has 0 unspecified atom stereocenters. The van der Waals surface area contributed by atoms with Crippen molar-refractivity contribution in [1.29, 1.82) is 0 Å². The molecule has 0 amide bonds. The molecule has 1 rings (SSSR count). The van der Waals surface area contributed by atoms with E-state index in [9.17, 15) is 8.42 Å². The summed E-state index contributed by atoms with van der Waals surface area (Å²) in [6.45, 7) is 8.10. The predicted molar refractivity (Wildman–Crippen MR) is 79.9 cm³/mol. The van der Waals surface area contributed by atoms with Gasteiger partial charge in [-0.3, -0.25) is 0 Å². The average molecular weight is 348 g/mol. The van der Waals surface area contributed by atoms with Crippen molar-refractivity contribution in [1.82, 2.24) is 4.31 Å². The number of hydrogen-bond acceptors (Lipinski definition) is 3. The van der Waals surface area contributed by atoms with Crippen molar-refractivity contribution in [2.24, 2.45) is 0 Å². The fraction of sp³-hybridized carbons (Fsp3) is 0.385. The Balaban J connectivity index is 3.18. The van der Waals surface area contributed by atoms with E-state index >= 15 is 0 Å². The molecular formula is C13H18BrNO3S. The summed E-state index contributed by atoms with van der Waals surface area (Å²) in [6, 6.07) is 4.72. The summed E-state index contributed by atoms with van der Waals surface area (Å²) in [5, 5.41) is 0. The lowest BCUT2D eigenvalue weighted by Crippen LogP contribution is -2.32. The Morgan fingerprint density at radius 2 is 2.11 bits per heavy atom. The van der Waals surface area contributed by atoms with Gasteiger partial charge < -0.3 is 4.74 Å². The number of halogens is 1. The maximum absolute atomic E-state index is 12.5. The summed E-state index contributed by atoms with van der Waals surface area (Å²) < 4.78 is 32.0. The van der Waals surface area contributed by atoms with E-state index in [2.05, 4.69) is 22.5 Å². The summed E-state index contributed by atoms with van der Waals surface area (Å²) in [5.41, 5.74) is 0.804. The Morgan fingerprint density at radius 3 is 2.53 bits per heavy atom. The quantitative estimate of drug-likeness (QED) is 0.743. The van der Waals surface area contributed by atoms with Crippen LogP contribution in [-0.2, 0) is 10.0 Å². The van der Waals surface area contributed by atoms with E-state index < -0.39 is 10.0 Å². The largest absolute Gasteiger partial charge is 0.496 e. The van der Waals surface area contributed by atoms with Gasteiger partial charge in [0.25, 0.3) is 0 Å². The molecule has 0 saturated heterocycles. The lowest BCUT2D eigenvalue weighted by molar-refractivity contribution is 0.411. The van der Waals surface area contributed by atoms with Crippen LogP contribution in [-0.4, -0.2) is 32.9 Å². The highest BCUT2D eigenvalue weighted by Crippen LogP contribution is 2.28. The standard InChI is InChI=1S/C13H18BrNO3S/c1-5-15(9-10(2)3)19(16,17)11-6-7-13(18-4)12(14)8-11/h6-8H,2,5,9H2,1,3-4H3. The van der Waals surface area contributed by atoms with Crippen molar-refractivity contribution in [2.75, 3.05) is 20.2 Å². The van der Waals surface area contributed by atoms with Crippen LogP contribution in [0.25, 0.3) is 0 Å². The van der Waals surface area contributed by atoms with Crippen LogP contribution in [0.2, 0.25) is 0 Å². The molecular weight excluding hydrogens is 330 g/mol. The zero-order valence-corrected chi connectivity index (χ0v) is 13.7. The third-order valence-electron chi connectivity index (χ3n) is 2.56. The number of hydrogen-bond donors (Lipinski definition) is 0. The van der Waals surface area contributed by atoms with E-state index in [4.69, 9.17) is 4.74 Å². The molecule has 0 radical (unpaired) electrons. The first kappa shape index (κ1) is 16.2. The van der Waals surface area contributed by atoms with Crippen LogP contribution < -0.4 is 4.74 Å². The third kappa shape index (κ3) is 3.81. The van der Waals surface area contributed by atoms with Gasteiger partial charge >= 0.3 is 0 Å². The van der Waals surface area contributed by atoms with Crippen molar-refractivity contribution in [2.45, 2.75) is 18.7 Å². The van der Waals surface area contributed by atoms with Gasteiger partial charge in [0.15, 0.2) is 0 Å². The van der Waals surface area contributed by atoms with Gasteiger partial charge in [0.1, 0.15) is 5.75 Å². The zero-order valence-electron chi connectivity index (χ0n) is 11.3. The van der Waals surface area contributed by atoms with Crippen molar-refractivity contribution < 1.29 is 13.2 Å². The Hall–Kier alpha value is -0.850. The Morgan fingerprint density at radius 1 is 1.47 bits per heavy atom. The predicted octanol–water partition coefficient (Wildman–Crippen LogP) is 3.04. The highest BCUT2D eigenvalue weighted by molar-refractivity contribution is 9.10. The monoisotopic (exact) mass is 347 g/mol. The molecule has 106 valence electrons. The van der Waals surface area contributed by atoms with Crippen molar-refractivity contribution in [3.8, 4) is 5.75 Å². The molecule has 0 aliphatic rings. The van der Waals surface area contributed by atoms with E-state index in [1.807, 2.05) is 6.92 Å². The normalized spacial score (nSPS) is 11.6. The minimum atomic E-state index is -3.51. The van der Waals surface area contributed by atoms with Gasteiger partial charge in [0.2, 0.25) is 10.0 Å². The first-order valence-corrected chi connectivity index (χ1v) is 8.04. The number of methoxy groups -OCH3 is 1. The van der Waals surface area contributed by atoms with E-state index in [1.165, 1.54) is 11.4 Å². The summed E-state index contributed by atoms with van der Waals surface area (Å²) in [5.74, 6) is 0.599. The van der Waals surface area contributed by atoms with Crippen molar-refractivity contribution >= 4 is 26.0 Å². The van der Waals surface area contributed by atoms with Crippen LogP contribution in [0.4, 0.5) is 0 Å². The number of benzene rings is 1. The second-order valence-electron chi connectivity index (χ2n) is 4.18. The number of ether oxygens (including phenoxy) is 1. The van der Waals surface area contributed by atoms with Gasteiger partial charge in [-0.25, -0.2) is 8.42 Å². The maximum atomic E-state index is 12.5. The zero-order chi connectivity index (χ0) is 14.6. The SMILES string of the molecule is C=C(C)CN(CC)S(=O)(=O)c1ccc(OC)c(Br)c1. The van der Waals surface area contributed by atoms with Crippen LogP contribution in [0.15, 0.2) is 39.7 Å². The number of likely N-dealkylation sites (N-methyl/N-ethyl adjacent to an activating group) is 1. The Kier molecular flexibility index (Phi) is 5.58. The van der Waals surface area contributed by atoms with Gasteiger partial charge in [-0.1, -0.05) is 19.1 Å². The van der Waals surface area contributed by atoms with Crippen LogP contribution in [0, 0.1) is 0 Å². The minimum absolute atomic E-state index is 0.239. The first-order valence-electron chi connectivity index (χ1n) is 5.81. The molecule has 0 aliphatic carbocycles. The fourth-order valence-electron chi connectivity index (χ4n) is 1.62. The molecule has 0 saturated carbocycles. The smallest absolute Gasteiger partial charge is 0.243 e. The lowest BCUT2D eigenvalue weighted by Gasteiger charge is -2.20. The first-order chi connectivity index (χ1) is 8.82. The summed E-state index contributed by atoms with van der Waals surface area (Å²) in [6.07, 6.45) is 0. The molecule has 0 aromatic heterocycles. The van der Waals surface area contributed by atoms with Crippen LogP contribution in [0.5, 0.6) is 5.75 Å². The molecule has 0 bridgehead atoms. The molecule has 0 atom stereocenters. The van der Waals surface area contributed by atoms with E-state index in [-0.39, 0.29) is 4.90 Å². The molecule has 1 aromatic rings. The summed E-state index contributed by atoms with van der Waals surface area (Å²) in [4.78, 5) is 0.239. The average Bonchev–Trinajstić information content (AvgIpc) is 2.35. The molecule has 6 heteroatoms. The Labute approximate surface area is 123 Å². The second kappa shape index (κ2) is 6.54. The lowest BCUT2D eigenvalue weighted by atomic mass is 10.3. The van der Waals surface area contributed by atoms with Crippen LogP contribution in [0.3, 0.4) is 0 Å². The number of rotatable bonds is 6. The van der Waals surface area contributed by atoms with Crippen molar-refractivity contribution in [3.63, 3.8) is 0 Å². The second-order valence-corrected chi connectivity index (χ2v) is 6.98. The van der Waals surface area contributed by atoms with Crippen molar-refractivity contribution in [3.05, 3.63) is 34.8 Å². The van der Waals surface area contributed by atoms with Gasteiger partial charge in [-0.05, 0) is 41.1 Å². The van der Waals surface area contributed by atoms with Gasteiger partial charge in [0.05, 0.1) is 16.5 Å². The number of sulfonamides is 1. The molecule has 0 spiro atoms. The highest BCUT2D eigenvalue weighted by Gasteiger charge is 2.23. The van der Waals surface area contributed by atoms with Gasteiger partial charge in [0, 0.05) is 13.1 Å². The van der Waals surface area contributed by atoms with Gasteiger partial charge in [-0.15, -0.1) is 0 Å². The topological polar surface area (TPSA) is 46.6 Å². The molecule has 1 aromatic carbocycles. The van der Waals surface area contributed by atoms with E-state index in [1.54, 1.807) is 25.1 Å². The Bertz CT molecular complexity index is 569. The number of nitrogens with zero attached hydrogens (tertiary/aromatic N) is 1. The van der Waals surface area contributed by atoms with Gasteiger partial charge in [-0.2, -0.15) is 4.31 Å². The summed E-state index contributed by atoms with van der Waals surface area (Å²) in [7, 11) is -1.97. The fourth-order valence-corrected chi connectivity index (χ4v) is 3.85. The third-order valence-corrected chi connectivity index (χ3v) is 5.10.